The molecule has 0 fully saturated rings. The molecule has 0 saturated heterocycles. The fraction of sp³-hybridized carbons (Fsp3) is 0.500. The van der Waals surface area contributed by atoms with Crippen LogP contribution in [0.15, 0.2) is 18.3 Å². The summed E-state index contributed by atoms with van der Waals surface area (Å²) in [5.74, 6) is 0.781. The minimum atomic E-state index is 0.663. The second kappa shape index (κ2) is 6.17. The zero-order valence-corrected chi connectivity index (χ0v) is 9.44. The third-order valence-corrected chi connectivity index (χ3v) is 2.40. The van der Waals surface area contributed by atoms with Crippen molar-refractivity contribution < 1.29 is 4.79 Å². The van der Waals surface area contributed by atoms with Crippen molar-refractivity contribution in [1.82, 2.24) is 4.98 Å². The highest BCUT2D eigenvalue weighted by Gasteiger charge is 2.06. The number of aromatic nitrogens is 1. The zero-order valence-electron chi connectivity index (χ0n) is 9.44. The second-order valence-electron chi connectivity index (χ2n) is 3.66. The van der Waals surface area contributed by atoms with Gasteiger partial charge in [-0.1, -0.05) is 19.8 Å². The van der Waals surface area contributed by atoms with Crippen LogP contribution in [0.2, 0.25) is 0 Å². The SMILES string of the molecule is CCCCCN(C)c1ncccc1C=O. The highest BCUT2D eigenvalue weighted by Crippen LogP contribution is 2.14. The Balaban J connectivity index is 2.63. The van der Waals surface area contributed by atoms with Crippen LogP contribution < -0.4 is 4.90 Å². The van der Waals surface area contributed by atoms with E-state index >= 15 is 0 Å². The normalized spacial score (nSPS) is 10.0. The summed E-state index contributed by atoms with van der Waals surface area (Å²) in [6.45, 7) is 3.13. The number of carbonyl (C=O) groups excluding carboxylic acids is 1. The van der Waals surface area contributed by atoms with Crippen LogP contribution in [-0.4, -0.2) is 24.9 Å². The van der Waals surface area contributed by atoms with Crippen molar-refractivity contribution in [3.05, 3.63) is 23.9 Å². The van der Waals surface area contributed by atoms with E-state index in [-0.39, 0.29) is 0 Å². The van der Waals surface area contributed by atoms with Gasteiger partial charge >= 0.3 is 0 Å². The molecule has 0 aliphatic carbocycles. The van der Waals surface area contributed by atoms with E-state index in [1.54, 1.807) is 18.3 Å². The molecule has 0 bridgehead atoms. The fourth-order valence-electron chi connectivity index (χ4n) is 1.53. The average Bonchev–Trinajstić information content (AvgIpc) is 2.29. The molecule has 0 radical (unpaired) electrons. The molecule has 0 amide bonds. The summed E-state index contributed by atoms with van der Waals surface area (Å²) in [7, 11) is 1.98. The van der Waals surface area contributed by atoms with Gasteiger partial charge in [-0.2, -0.15) is 0 Å². The maximum Gasteiger partial charge on any atom is 0.153 e. The molecule has 0 atom stereocenters. The second-order valence-corrected chi connectivity index (χ2v) is 3.66. The molecule has 3 heteroatoms. The molecule has 0 saturated carbocycles. The third-order valence-electron chi connectivity index (χ3n) is 2.40. The van der Waals surface area contributed by atoms with E-state index in [0.717, 1.165) is 25.1 Å². The topological polar surface area (TPSA) is 33.2 Å². The Morgan fingerprint density at radius 1 is 1.47 bits per heavy atom. The Bertz CT molecular complexity index is 312. The average molecular weight is 206 g/mol. The van der Waals surface area contributed by atoms with Gasteiger partial charge in [-0.15, -0.1) is 0 Å². The van der Waals surface area contributed by atoms with E-state index in [1.807, 2.05) is 11.9 Å². The van der Waals surface area contributed by atoms with Crippen molar-refractivity contribution in [2.45, 2.75) is 26.2 Å². The molecule has 1 aromatic rings. The highest BCUT2D eigenvalue weighted by atomic mass is 16.1. The lowest BCUT2D eigenvalue weighted by Gasteiger charge is -2.19. The number of hydrogen-bond donors (Lipinski definition) is 0. The van der Waals surface area contributed by atoms with Crippen LogP contribution in [0, 0.1) is 0 Å². The van der Waals surface area contributed by atoms with Gasteiger partial charge in [0.05, 0.1) is 5.56 Å². The molecular formula is C12H18N2O. The Morgan fingerprint density at radius 3 is 2.93 bits per heavy atom. The first-order valence-corrected chi connectivity index (χ1v) is 5.41. The van der Waals surface area contributed by atoms with Gasteiger partial charge in [-0.3, -0.25) is 4.79 Å². The maximum atomic E-state index is 10.8. The van der Waals surface area contributed by atoms with Crippen molar-refractivity contribution in [3.63, 3.8) is 0 Å². The van der Waals surface area contributed by atoms with Crippen LogP contribution >= 0.6 is 0 Å². The summed E-state index contributed by atoms with van der Waals surface area (Å²) in [4.78, 5) is 17.1. The maximum absolute atomic E-state index is 10.8. The Kier molecular flexibility index (Phi) is 4.81. The zero-order chi connectivity index (χ0) is 11.1. The van der Waals surface area contributed by atoms with Gasteiger partial charge in [0, 0.05) is 19.8 Å². The quantitative estimate of drug-likeness (QED) is 0.529. The van der Waals surface area contributed by atoms with Crippen molar-refractivity contribution in [2.24, 2.45) is 0 Å². The van der Waals surface area contributed by atoms with E-state index in [1.165, 1.54) is 12.8 Å². The summed E-state index contributed by atoms with van der Waals surface area (Å²) < 4.78 is 0. The Morgan fingerprint density at radius 2 is 2.27 bits per heavy atom. The lowest BCUT2D eigenvalue weighted by molar-refractivity contribution is 0.112. The van der Waals surface area contributed by atoms with Crippen LogP contribution in [0.3, 0.4) is 0 Å². The summed E-state index contributed by atoms with van der Waals surface area (Å²) in [6, 6.07) is 3.58. The number of unbranched alkanes of at least 4 members (excludes halogenated alkanes) is 2. The first kappa shape index (κ1) is 11.7. The van der Waals surface area contributed by atoms with Crippen molar-refractivity contribution in [2.75, 3.05) is 18.5 Å². The first-order chi connectivity index (χ1) is 7.29. The van der Waals surface area contributed by atoms with E-state index < -0.39 is 0 Å². The lowest BCUT2D eigenvalue weighted by Crippen LogP contribution is -2.21. The van der Waals surface area contributed by atoms with E-state index in [2.05, 4.69) is 11.9 Å². The smallest absolute Gasteiger partial charge is 0.153 e. The van der Waals surface area contributed by atoms with Crippen LogP contribution in [0.1, 0.15) is 36.5 Å². The molecule has 1 heterocycles. The van der Waals surface area contributed by atoms with E-state index in [4.69, 9.17) is 0 Å². The number of rotatable bonds is 6. The molecular weight excluding hydrogens is 188 g/mol. The lowest BCUT2D eigenvalue weighted by atomic mass is 10.2. The molecule has 15 heavy (non-hydrogen) atoms. The molecule has 0 N–H and O–H groups in total. The first-order valence-electron chi connectivity index (χ1n) is 5.41. The van der Waals surface area contributed by atoms with E-state index in [9.17, 15) is 4.79 Å². The van der Waals surface area contributed by atoms with Gasteiger partial charge in [-0.05, 0) is 18.6 Å². The fourth-order valence-corrected chi connectivity index (χ4v) is 1.53. The number of pyridine rings is 1. The molecule has 0 aromatic carbocycles. The van der Waals surface area contributed by atoms with Gasteiger partial charge in [0.2, 0.25) is 0 Å². The molecule has 3 nitrogen and oxygen atoms in total. The van der Waals surface area contributed by atoms with Crippen molar-refractivity contribution in [1.29, 1.82) is 0 Å². The standard InChI is InChI=1S/C12H18N2O/c1-3-4-5-9-14(2)12-11(10-15)7-6-8-13-12/h6-8,10H,3-5,9H2,1-2H3. The van der Waals surface area contributed by atoms with Crippen molar-refractivity contribution >= 4 is 12.1 Å². The number of anilines is 1. The summed E-state index contributed by atoms with van der Waals surface area (Å²) in [5, 5.41) is 0. The Hall–Kier alpha value is -1.38. The summed E-state index contributed by atoms with van der Waals surface area (Å²) in [5.41, 5.74) is 0.663. The molecule has 0 spiro atoms. The predicted molar refractivity (Wildman–Crippen MR) is 62.4 cm³/mol. The molecule has 82 valence electrons. The van der Waals surface area contributed by atoms with Crippen molar-refractivity contribution in [3.8, 4) is 0 Å². The van der Waals surface area contributed by atoms with Gasteiger partial charge in [0.15, 0.2) is 6.29 Å². The number of carbonyl (C=O) groups is 1. The summed E-state index contributed by atoms with van der Waals surface area (Å²) in [6.07, 6.45) is 6.14. The highest BCUT2D eigenvalue weighted by molar-refractivity contribution is 5.82. The van der Waals surface area contributed by atoms with Crippen LogP contribution in [0.25, 0.3) is 0 Å². The number of hydrogen-bond acceptors (Lipinski definition) is 3. The van der Waals surface area contributed by atoms with Gasteiger partial charge < -0.3 is 4.90 Å². The molecule has 0 aliphatic heterocycles. The predicted octanol–water partition coefficient (Wildman–Crippen LogP) is 2.52. The largest absolute Gasteiger partial charge is 0.359 e. The molecule has 1 rings (SSSR count). The van der Waals surface area contributed by atoms with Crippen LogP contribution in [0.4, 0.5) is 5.82 Å². The van der Waals surface area contributed by atoms with Crippen LogP contribution in [0.5, 0.6) is 0 Å². The minimum absolute atomic E-state index is 0.663. The molecule has 0 unspecified atom stereocenters. The molecule has 1 aromatic heterocycles. The van der Waals surface area contributed by atoms with E-state index in [0.29, 0.717) is 5.56 Å². The van der Waals surface area contributed by atoms with Gasteiger partial charge in [0.1, 0.15) is 5.82 Å². The summed E-state index contributed by atoms with van der Waals surface area (Å²) >= 11 is 0. The third kappa shape index (κ3) is 3.35. The minimum Gasteiger partial charge on any atom is -0.359 e. The van der Waals surface area contributed by atoms with Crippen LogP contribution in [-0.2, 0) is 0 Å². The van der Waals surface area contributed by atoms with Gasteiger partial charge in [0.25, 0.3) is 0 Å². The monoisotopic (exact) mass is 206 g/mol. The number of aldehydes is 1. The molecule has 0 aliphatic rings. The number of nitrogens with zero attached hydrogens (tertiary/aromatic N) is 2. The van der Waals surface area contributed by atoms with Gasteiger partial charge in [-0.25, -0.2) is 4.98 Å². The Labute approximate surface area is 91.1 Å².